The molecule has 4 heteroatoms. The molecule has 25 heavy (non-hydrogen) atoms. The number of allylic oxidation sites excluding steroid dienone is 1. The highest BCUT2D eigenvalue weighted by Gasteiger charge is 2.63. The molecule has 2 aliphatic carbocycles. The van der Waals surface area contributed by atoms with E-state index in [1.807, 2.05) is 32.9 Å². The first kappa shape index (κ1) is 16.7. The number of hydrogen-bond acceptors (Lipinski definition) is 1. The quantitative estimate of drug-likeness (QED) is 0.411. The predicted octanol–water partition coefficient (Wildman–Crippen LogP) is 5.35. The van der Waals surface area contributed by atoms with Gasteiger partial charge in [-0.25, -0.2) is 4.90 Å². The number of benzene rings is 1. The lowest BCUT2D eigenvalue weighted by molar-refractivity contribution is -0.133. The summed E-state index contributed by atoms with van der Waals surface area (Å²) in [5, 5.41) is 0. The molecule has 1 aliphatic heterocycles. The molecule has 0 bridgehead atoms. The number of carbonyl (C=O) groups excluding carboxylic acids is 1. The fraction of sp³-hybridized carbons (Fsp3) is 0.571. The Morgan fingerprint density at radius 2 is 1.68 bits per heavy atom. The van der Waals surface area contributed by atoms with Crippen LogP contribution in [-0.4, -0.2) is 12.0 Å². The fourth-order valence-corrected chi connectivity index (χ4v) is 4.06. The average molecular weight is 345 g/mol. The third-order valence-electron chi connectivity index (χ3n) is 5.59. The van der Waals surface area contributed by atoms with Crippen LogP contribution < -0.4 is 4.90 Å². The van der Waals surface area contributed by atoms with Crippen molar-refractivity contribution in [2.75, 3.05) is 4.90 Å². The van der Waals surface area contributed by atoms with Gasteiger partial charge in [0.05, 0.1) is 5.69 Å². The Hall–Kier alpha value is -1.71. The van der Waals surface area contributed by atoms with Gasteiger partial charge in [0.1, 0.15) is 5.57 Å². The number of hydrogen-bond donors (Lipinski definition) is 0. The average Bonchev–Trinajstić information content (AvgIpc) is 3.37. The van der Waals surface area contributed by atoms with Crippen LogP contribution in [0.4, 0.5) is 14.5 Å². The van der Waals surface area contributed by atoms with E-state index in [2.05, 4.69) is 0 Å². The molecule has 0 N–H and O–H groups in total. The highest BCUT2D eigenvalue weighted by Crippen LogP contribution is 2.57. The first-order valence-corrected chi connectivity index (χ1v) is 9.21. The fourth-order valence-electron chi connectivity index (χ4n) is 4.06. The van der Waals surface area contributed by atoms with Crippen LogP contribution >= 0.6 is 0 Å². The minimum atomic E-state index is -3.19. The Labute approximate surface area is 147 Å². The smallest absolute Gasteiger partial charge is 0.269 e. The number of nitrogens with zero attached hydrogens (tertiary/aromatic N) is 1. The van der Waals surface area contributed by atoms with E-state index >= 15 is 8.78 Å². The summed E-state index contributed by atoms with van der Waals surface area (Å²) in [6.45, 7) is 7.77. The summed E-state index contributed by atoms with van der Waals surface area (Å²) >= 11 is 0. The molecule has 3 aliphatic rings. The monoisotopic (exact) mass is 345 g/mol. The van der Waals surface area contributed by atoms with Gasteiger partial charge in [0.15, 0.2) is 0 Å². The van der Waals surface area contributed by atoms with E-state index in [9.17, 15) is 4.79 Å². The number of amides is 1. The molecule has 1 aromatic rings. The third kappa shape index (κ3) is 2.52. The van der Waals surface area contributed by atoms with Gasteiger partial charge in [-0.3, -0.25) is 4.79 Å². The van der Waals surface area contributed by atoms with Crippen molar-refractivity contribution in [2.45, 2.75) is 64.8 Å². The molecule has 0 atom stereocenters. The molecule has 4 rings (SSSR count). The lowest BCUT2D eigenvalue weighted by atomic mass is 9.82. The first-order valence-electron chi connectivity index (χ1n) is 9.21. The van der Waals surface area contributed by atoms with Crippen LogP contribution in [-0.2, 0) is 10.2 Å². The first-order chi connectivity index (χ1) is 11.6. The summed E-state index contributed by atoms with van der Waals surface area (Å²) < 4.78 is 30.4. The van der Waals surface area contributed by atoms with Crippen LogP contribution in [0.3, 0.4) is 0 Å². The van der Waals surface area contributed by atoms with Crippen molar-refractivity contribution < 1.29 is 13.6 Å². The van der Waals surface area contributed by atoms with Crippen LogP contribution in [0.25, 0.3) is 0 Å². The Bertz CT molecular complexity index is 766. The van der Waals surface area contributed by atoms with Gasteiger partial charge in [-0.15, -0.1) is 0 Å². The number of aryl methyl sites for hydroxylation is 1. The van der Waals surface area contributed by atoms with Crippen molar-refractivity contribution in [2.24, 2.45) is 11.8 Å². The van der Waals surface area contributed by atoms with E-state index in [1.54, 1.807) is 13.0 Å². The standard InChI is InChI=1S/C21H25F2NO/c1-12-6-5-7-15(20(2,3)4)18(12)24-19(25)17(21(24,22)23)16(13-8-9-13)14-10-11-14/h5-7,13-14H,8-11H2,1-4H3. The van der Waals surface area contributed by atoms with Crippen LogP contribution in [0.1, 0.15) is 57.6 Å². The van der Waals surface area contributed by atoms with Crippen molar-refractivity contribution in [3.05, 3.63) is 40.5 Å². The summed E-state index contributed by atoms with van der Waals surface area (Å²) in [7, 11) is 0. The lowest BCUT2D eigenvalue weighted by Crippen LogP contribution is -2.62. The third-order valence-corrected chi connectivity index (χ3v) is 5.59. The van der Waals surface area contributed by atoms with Crippen LogP contribution in [0, 0.1) is 18.8 Å². The topological polar surface area (TPSA) is 20.3 Å². The van der Waals surface area contributed by atoms with E-state index in [-0.39, 0.29) is 22.8 Å². The number of rotatable bonds is 3. The molecular formula is C21H25F2NO. The van der Waals surface area contributed by atoms with Gasteiger partial charge in [-0.2, -0.15) is 8.78 Å². The number of β-lactam (4-membered cyclic amide) rings is 1. The summed E-state index contributed by atoms with van der Waals surface area (Å²) in [5.74, 6) is -0.0459. The van der Waals surface area contributed by atoms with E-state index in [0.717, 1.165) is 47.3 Å². The maximum Gasteiger partial charge on any atom is 0.364 e. The largest absolute Gasteiger partial charge is 0.364 e. The second-order valence-corrected chi connectivity index (χ2v) is 8.78. The number of anilines is 1. The molecule has 1 amide bonds. The maximum atomic E-state index is 15.2. The summed E-state index contributed by atoms with van der Waals surface area (Å²) in [5.41, 5.74) is 2.17. The van der Waals surface area contributed by atoms with E-state index in [1.165, 1.54) is 0 Å². The second-order valence-electron chi connectivity index (χ2n) is 8.78. The summed E-state index contributed by atoms with van der Waals surface area (Å²) in [6, 6.07) is 2.34. The molecule has 134 valence electrons. The zero-order valence-electron chi connectivity index (χ0n) is 15.3. The van der Waals surface area contributed by atoms with Crippen LogP contribution in [0.5, 0.6) is 0 Å². The van der Waals surface area contributed by atoms with Crippen LogP contribution in [0.15, 0.2) is 29.3 Å². The zero-order chi connectivity index (χ0) is 18.1. The van der Waals surface area contributed by atoms with Gasteiger partial charge < -0.3 is 0 Å². The van der Waals surface area contributed by atoms with Gasteiger partial charge in [-0.1, -0.05) is 39.0 Å². The Morgan fingerprint density at radius 1 is 1.12 bits per heavy atom. The Morgan fingerprint density at radius 3 is 2.12 bits per heavy atom. The van der Waals surface area contributed by atoms with Gasteiger partial charge in [0.25, 0.3) is 5.91 Å². The SMILES string of the molecule is Cc1cccc(C(C)(C)C)c1N1C(=O)C(=C(C2CC2)C2CC2)C1(F)F. The second kappa shape index (κ2) is 5.15. The molecule has 2 nitrogen and oxygen atoms in total. The minimum absolute atomic E-state index is 0.194. The minimum Gasteiger partial charge on any atom is -0.269 e. The molecule has 2 saturated carbocycles. The van der Waals surface area contributed by atoms with Crippen molar-refractivity contribution in [1.29, 1.82) is 0 Å². The molecular weight excluding hydrogens is 320 g/mol. The summed E-state index contributed by atoms with van der Waals surface area (Å²) in [6.07, 6.45) is 3.82. The molecule has 0 radical (unpaired) electrons. The van der Waals surface area contributed by atoms with E-state index in [4.69, 9.17) is 0 Å². The van der Waals surface area contributed by atoms with Crippen molar-refractivity contribution in [1.82, 2.24) is 0 Å². The van der Waals surface area contributed by atoms with Gasteiger partial charge in [0, 0.05) is 0 Å². The van der Waals surface area contributed by atoms with Crippen molar-refractivity contribution in [3.63, 3.8) is 0 Å². The maximum absolute atomic E-state index is 15.2. The molecule has 1 heterocycles. The van der Waals surface area contributed by atoms with Crippen molar-refractivity contribution in [3.8, 4) is 0 Å². The molecule has 1 aromatic carbocycles. The molecule has 0 unspecified atom stereocenters. The number of para-hydroxylation sites is 1. The number of carbonyl (C=O) groups is 1. The lowest BCUT2D eigenvalue weighted by Gasteiger charge is -2.45. The van der Waals surface area contributed by atoms with Gasteiger partial charge in [0.2, 0.25) is 0 Å². The molecule has 0 spiro atoms. The highest BCUT2D eigenvalue weighted by molar-refractivity contribution is 6.17. The van der Waals surface area contributed by atoms with Crippen molar-refractivity contribution >= 4 is 11.6 Å². The summed E-state index contributed by atoms with van der Waals surface area (Å²) in [4.78, 5) is 13.7. The Kier molecular flexibility index (Phi) is 3.45. The molecule has 0 aromatic heterocycles. The molecule has 3 fully saturated rings. The van der Waals surface area contributed by atoms with E-state index in [0.29, 0.717) is 5.69 Å². The normalized spacial score (nSPS) is 22.9. The zero-order valence-corrected chi connectivity index (χ0v) is 15.3. The molecule has 1 saturated heterocycles. The van der Waals surface area contributed by atoms with E-state index < -0.39 is 12.0 Å². The Balaban J connectivity index is 1.82. The van der Waals surface area contributed by atoms with Gasteiger partial charge >= 0.3 is 6.05 Å². The predicted molar refractivity (Wildman–Crippen MR) is 94.8 cm³/mol. The van der Waals surface area contributed by atoms with Crippen LogP contribution in [0.2, 0.25) is 0 Å². The number of alkyl halides is 2. The number of halogens is 2. The highest BCUT2D eigenvalue weighted by atomic mass is 19.3. The van der Waals surface area contributed by atoms with Gasteiger partial charge in [-0.05, 0) is 66.6 Å².